The van der Waals surface area contributed by atoms with Gasteiger partial charge in [0.25, 0.3) is 5.91 Å². The van der Waals surface area contributed by atoms with Gasteiger partial charge in [-0.1, -0.05) is 11.6 Å². The zero-order valence-electron chi connectivity index (χ0n) is 11.6. The van der Waals surface area contributed by atoms with Crippen LogP contribution in [0.25, 0.3) is 10.9 Å². The first kappa shape index (κ1) is 14.4. The maximum absolute atomic E-state index is 13.5. The standard InChI is InChI=1S/C16H11ClFN3O/c1-9-6-13(12-8-11(18)2-3-14(12)20-9)16(22)21-15-7-10(17)4-5-19-15/h2-8H,1H3,(H,19,21,22). The van der Waals surface area contributed by atoms with E-state index in [0.29, 0.717) is 33.0 Å². The van der Waals surface area contributed by atoms with E-state index in [1.54, 1.807) is 25.1 Å². The van der Waals surface area contributed by atoms with Crippen LogP contribution in [0.1, 0.15) is 16.1 Å². The van der Waals surface area contributed by atoms with Crippen molar-refractivity contribution in [1.82, 2.24) is 9.97 Å². The Morgan fingerprint density at radius 1 is 1.23 bits per heavy atom. The van der Waals surface area contributed by atoms with Crippen molar-refractivity contribution in [2.45, 2.75) is 6.92 Å². The molecule has 0 bridgehead atoms. The van der Waals surface area contributed by atoms with Crippen molar-refractivity contribution >= 4 is 34.2 Å². The van der Waals surface area contributed by atoms with E-state index in [9.17, 15) is 9.18 Å². The molecular formula is C16H11ClFN3O. The predicted molar refractivity (Wildman–Crippen MR) is 83.6 cm³/mol. The van der Waals surface area contributed by atoms with Crippen LogP contribution < -0.4 is 5.32 Å². The van der Waals surface area contributed by atoms with Gasteiger partial charge < -0.3 is 5.32 Å². The van der Waals surface area contributed by atoms with Crippen LogP contribution in [0.5, 0.6) is 0 Å². The highest BCUT2D eigenvalue weighted by Gasteiger charge is 2.13. The Kier molecular flexibility index (Phi) is 3.73. The molecule has 2 heterocycles. The summed E-state index contributed by atoms with van der Waals surface area (Å²) in [6, 6.07) is 8.92. The molecule has 0 saturated carbocycles. The molecule has 0 unspecified atom stereocenters. The van der Waals surface area contributed by atoms with E-state index >= 15 is 0 Å². The first-order valence-electron chi connectivity index (χ1n) is 6.53. The molecule has 3 rings (SSSR count). The molecule has 110 valence electrons. The second-order valence-electron chi connectivity index (χ2n) is 4.79. The third kappa shape index (κ3) is 2.89. The molecule has 0 aliphatic carbocycles. The number of aryl methyl sites for hydroxylation is 1. The van der Waals surface area contributed by atoms with Crippen molar-refractivity contribution in [2.75, 3.05) is 5.32 Å². The lowest BCUT2D eigenvalue weighted by molar-refractivity contribution is 0.102. The highest BCUT2D eigenvalue weighted by molar-refractivity contribution is 6.30. The summed E-state index contributed by atoms with van der Waals surface area (Å²) in [6.45, 7) is 1.78. The third-order valence-corrected chi connectivity index (χ3v) is 3.34. The number of benzene rings is 1. The topological polar surface area (TPSA) is 54.9 Å². The Bertz CT molecular complexity index is 882. The van der Waals surface area contributed by atoms with Gasteiger partial charge in [0.15, 0.2) is 0 Å². The Morgan fingerprint density at radius 2 is 2.05 bits per heavy atom. The number of pyridine rings is 2. The molecule has 0 radical (unpaired) electrons. The fraction of sp³-hybridized carbons (Fsp3) is 0.0625. The lowest BCUT2D eigenvalue weighted by Crippen LogP contribution is -2.14. The SMILES string of the molecule is Cc1cc(C(=O)Nc2cc(Cl)ccn2)c2cc(F)ccc2n1. The van der Waals surface area contributed by atoms with Crippen LogP contribution in [0.2, 0.25) is 5.02 Å². The fourth-order valence-corrected chi connectivity index (χ4v) is 2.33. The number of carbonyl (C=O) groups is 1. The first-order chi connectivity index (χ1) is 10.5. The third-order valence-electron chi connectivity index (χ3n) is 3.11. The van der Waals surface area contributed by atoms with E-state index in [1.165, 1.54) is 24.4 Å². The van der Waals surface area contributed by atoms with E-state index in [-0.39, 0.29) is 0 Å². The van der Waals surface area contributed by atoms with Gasteiger partial charge in [0.2, 0.25) is 0 Å². The molecule has 0 saturated heterocycles. The van der Waals surface area contributed by atoms with E-state index in [0.717, 1.165) is 0 Å². The summed E-state index contributed by atoms with van der Waals surface area (Å²) in [6.07, 6.45) is 1.49. The minimum atomic E-state index is -0.423. The maximum Gasteiger partial charge on any atom is 0.257 e. The lowest BCUT2D eigenvalue weighted by atomic mass is 10.1. The number of rotatable bonds is 2. The van der Waals surface area contributed by atoms with Gasteiger partial charge in [-0.05, 0) is 43.3 Å². The van der Waals surface area contributed by atoms with Crippen molar-refractivity contribution in [3.63, 3.8) is 0 Å². The van der Waals surface area contributed by atoms with Gasteiger partial charge in [-0.2, -0.15) is 0 Å². The fourth-order valence-electron chi connectivity index (χ4n) is 2.18. The smallest absolute Gasteiger partial charge is 0.257 e. The van der Waals surface area contributed by atoms with Gasteiger partial charge in [0, 0.05) is 22.3 Å². The quantitative estimate of drug-likeness (QED) is 0.778. The molecule has 2 aromatic heterocycles. The number of hydrogen-bond acceptors (Lipinski definition) is 3. The minimum Gasteiger partial charge on any atom is -0.307 e. The van der Waals surface area contributed by atoms with Crippen LogP contribution in [0.3, 0.4) is 0 Å². The molecule has 0 spiro atoms. The Balaban J connectivity index is 2.05. The summed E-state index contributed by atoms with van der Waals surface area (Å²) in [5.41, 5.74) is 1.57. The second kappa shape index (κ2) is 5.69. The van der Waals surface area contributed by atoms with Crippen molar-refractivity contribution in [2.24, 2.45) is 0 Å². The summed E-state index contributed by atoms with van der Waals surface area (Å²) < 4.78 is 13.5. The molecule has 22 heavy (non-hydrogen) atoms. The predicted octanol–water partition coefficient (Wildman–Crippen LogP) is 3.98. The molecule has 3 aromatic rings. The normalized spacial score (nSPS) is 10.7. The van der Waals surface area contributed by atoms with Gasteiger partial charge >= 0.3 is 0 Å². The lowest BCUT2D eigenvalue weighted by Gasteiger charge is -2.09. The van der Waals surface area contributed by atoms with Crippen LogP contribution in [0.4, 0.5) is 10.2 Å². The summed E-state index contributed by atoms with van der Waals surface area (Å²) in [4.78, 5) is 20.8. The number of nitrogens with one attached hydrogen (secondary N) is 1. The van der Waals surface area contributed by atoms with E-state index in [4.69, 9.17) is 11.6 Å². The molecule has 0 aliphatic rings. The van der Waals surface area contributed by atoms with E-state index < -0.39 is 11.7 Å². The number of fused-ring (bicyclic) bond motifs is 1. The van der Waals surface area contributed by atoms with Gasteiger partial charge in [0.05, 0.1) is 11.1 Å². The number of anilines is 1. The van der Waals surface area contributed by atoms with Crippen molar-refractivity contribution in [3.05, 3.63) is 64.7 Å². The molecule has 1 aromatic carbocycles. The van der Waals surface area contributed by atoms with Crippen LogP contribution >= 0.6 is 11.6 Å². The van der Waals surface area contributed by atoms with Crippen LogP contribution in [-0.2, 0) is 0 Å². The van der Waals surface area contributed by atoms with Crippen LogP contribution in [0, 0.1) is 12.7 Å². The summed E-state index contributed by atoms with van der Waals surface area (Å²) in [7, 11) is 0. The molecular weight excluding hydrogens is 305 g/mol. The molecule has 0 atom stereocenters. The molecule has 4 nitrogen and oxygen atoms in total. The average molecular weight is 316 g/mol. The largest absolute Gasteiger partial charge is 0.307 e. The van der Waals surface area contributed by atoms with Gasteiger partial charge in [0.1, 0.15) is 11.6 Å². The number of aromatic nitrogens is 2. The number of halogens is 2. The zero-order valence-corrected chi connectivity index (χ0v) is 12.4. The van der Waals surface area contributed by atoms with Gasteiger partial charge in [-0.15, -0.1) is 0 Å². The molecule has 1 amide bonds. The summed E-state index contributed by atoms with van der Waals surface area (Å²) in [5.74, 6) is -0.486. The number of carbonyl (C=O) groups excluding carboxylic acids is 1. The number of amides is 1. The maximum atomic E-state index is 13.5. The first-order valence-corrected chi connectivity index (χ1v) is 6.90. The van der Waals surface area contributed by atoms with Crippen molar-refractivity contribution in [1.29, 1.82) is 0 Å². The van der Waals surface area contributed by atoms with E-state index in [1.807, 2.05) is 0 Å². The number of hydrogen-bond donors (Lipinski definition) is 1. The average Bonchev–Trinajstić information content (AvgIpc) is 2.47. The number of nitrogens with zero attached hydrogens (tertiary/aromatic N) is 2. The monoisotopic (exact) mass is 315 g/mol. The molecule has 0 fully saturated rings. The summed E-state index contributed by atoms with van der Waals surface area (Å²) >= 11 is 5.86. The van der Waals surface area contributed by atoms with Gasteiger partial charge in [-0.3, -0.25) is 9.78 Å². The second-order valence-corrected chi connectivity index (χ2v) is 5.22. The highest BCUT2D eigenvalue weighted by atomic mass is 35.5. The zero-order chi connectivity index (χ0) is 15.7. The van der Waals surface area contributed by atoms with Crippen molar-refractivity contribution in [3.8, 4) is 0 Å². The Morgan fingerprint density at radius 3 is 2.82 bits per heavy atom. The highest BCUT2D eigenvalue weighted by Crippen LogP contribution is 2.21. The van der Waals surface area contributed by atoms with Crippen LogP contribution in [0.15, 0.2) is 42.6 Å². The van der Waals surface area contributed by atoms with E-state index in [2.05, 4.69) is 15.3 Å². The van der Waals surface area contributed by atoms with Crippen molar-refractivity contribution < 1.29 is 9.18 Å². The van der Waals surface area contributed by atoms with Crippen LogP contribution in [-0.4, -0.2) is 15.9 Å². The molecule has 1 N–H and O–H groups in total. The minimum absolute atomic E-state index is 0.330. The molecule has 0 aliphatic heterocycles. The Labute approximate surface area is 131 Å². The Hall–Kier alpha value is -2.53. The van der Waals surface area contributed by atoms with Gasteiger partial charge in [-0.25, -0.2) is 9.37 Å². The summed E-state index contributed by atoms with van der Waals surface area (Å²) in [5, 5.41) is 3.57. The molecule has 6 heteroatoms.